The van der Waals surface area contributed by atoms with Crippen molar-refractivity contribution in [1.29, 1.82) is 0 Å². The Hall–Kier alpha value is -5.11. The Morgan fingerprint density at radius 3 is 2.43 bits per heavy atom. The molecule has 2 heterocycles. The van der Waals surface area contributed by atoms with E-state index in [9.17, 15) is 24.5 Å². The molecule has 0 aliphatic carbocycles. The number of carbonyl (C=O) groups is 3. The molecule has 5 rings (SSSR count). The quantitative estimate of drug-likeness (QED) is 0.0615. The molecule has 0 unspecified atom stereocenters. The molecule has 5 aromatic rings. The Labute approximate surface area is 264 Å². The summed E-state index contributed by atoms with van der Waals surface area (Å²) in [6.07, 6.45) is 1.62. The van der Waals surface area contributed by atoms with Gasteiger partial charge in [0.05, 0.1) is 16.4 Å². The number of nitro benzene ring substituents is 1. The van der Waals surface area contributed by atoms with E-state index in [1.165, 1.54) is 46.6 Å². The number of hydrogen-bond donors (Lipinski definition) is 3. The second kappa shape index (κ2) is 14.4. The Bertz CT molecular complexity index is 1820. The standard InChI is InChI=1S/C31H23N5O5S3/c37-28(35-31-34-27(18-44-31)21-8-4-9-23(16-21)36(40)41)19-43-24-13-11-22(12-14-24)32-30(39)26(17-25-10-5-15-42-25)33-29(38)20-6-2-1-3-7-20/h1-18H,19H2,(H,32,39)(H,33,38)(H,34,35,37)/b26-17-. The fourth-order valence-corrected chi connectivity index (χ4v) is 5.93. The highest BCUT2D eigenvalue weighted by Gasteiger charge is 2.16. The number of nitrogens with zero attached hydrogens (tertiary/aromatic N) is 2. The minimum atomic E-state index is -0.476. The van der Waals surface area contributed by atoms with Gasteiger partial charge in [0.15, 0.2) is 5.13 Å². The van der Waals surface area contributed by atoms with E-state index in [0.29, 0.717) is 27.6 Å². The largest absolute Gasteiger partial charge is 0.321 e. The van der Waals surface area contributed by atoms with Crippen molar-refractivity contribution >= 4 is 74.7 Å². The number of benzene rings is 3. The van der Waals surface area contributed by atoms with Gasteiger partial charge in [-0.15, -0.1) is 34.4 Å². The highest BCUT2D eigenvalue weighted by molar-refractivity contribution is 8.00. The molecule has 0 radical (unpaired) electrons. The third-order valence-electron chi connectivity index (χ3n) is 5.94. The fourth-order valence-electron chi connectivity index (χ4n) is 3.84. The van der Waals surface area contributed by atoms with Crippen LogP contribution < -0.4 is 16.0 Å². The highest BCUT2D eigenvalue weighted by atomic mass is 32.2. The van der Waals surface area contributed by atoms with Crippen molar-refractivity contribution in [2.24, 2.45) is 0 Å². The number of thioether (sulfide) groups is 1. The van der Waals surface area contributed by atoms with E-state index in [0.717, 1.165) is 9.77 Å². The first-order chi connectivity index (χ1) is 21.3. The van der Waals surface area contributed by atoms with Gasteiger partial charge in [-0.2, -0.15) is 0 Å². The van der Waals surface area contributed by atoms with Gasteiger partial charge >= 0.3 is 0 Å². The van der Waals surface area contributed by atoms with E-state index in [2.05, 4.69) is 20.9 Å². The number of rotatable bonds is 11. The maximum Gasteiger partial charge on any atom is 0.272 e. The fraction of sp³-hybridized carbons (Fsp3) is 0.0323. The predicted octanol–water partition coefficient (Wildman–Crippen LogP) is 6.92. The van der Waals surface area contributed by atoms with E-state index in [1.807, 2.05) is 17.5 Å². The number of non-ortho nitro benzene ring substituents is 1. The smallest absolute Gasteiger partial charge is 0.272 e. The van der Waals surface area contributed by atoms with Gasteiger partial charge < -0.3 is 16.0 Å². The van der Waals surface area contributed by atoms with Crippen molar-refractivity contribution < 1.29 is 19.3 Å². The molecule has 2 aromatic heterocycles. The number of nitro groups is 1. The van der Waals surface area contributed by atoms with Gasteiger partial charge in [0.1, 0.15) is 5.70 Å². The maximum absolute atomic E-state index is 13.1. The molecule has 0 aliphatic rings. The van der Waals surface area contributed by atoms with Crippen LogP contribution in [-0.2, 0) is 9.59 Å². The summed E-state index contributed by atoms with van der Waals surface area (Å²) < 4.78 is 0. The van der Waals surface area contributed by atoms with Gasteiger partial charge in [-0.1, -0.05) is 36.4 Å². The SMILES string of the molecule is O=C(CSc1ccc(NC(=O)/C(=C/c2cccs2)NC(=O)c2ccccc2)cc1)Nc1nc(-c2cccc([N+](=O)[O-])c2)cs1. The van der Waals surface area contributed by atoms with Gasteiger partial charge in [0.2, 0.25) is 5.91 Å². The molecule has 3 amide bonds. The van der Waals surface area contributed by atoms with Crippen LogP contribution in [0.2, 0.25) is 0 Å². The zero-order valence-electron chi connectivity index (χ0n) is 22.8. The number of nitrogens with one attached hydrogen (secondary N) is 3. The average Bonchev–Trinajstić information content (AvgIpc) is 3.73. The van der Waals surface area contributed by atoms with Crippen LogP contribution in [0.25, 0.3) is 17.3 Å². The van der Waals surface area contributed by atoms with Crippen molar-refractivity contribution in [1.82, 2.24) is 10.3 Å². The summed E-state index contributed by atoms with van der Waals surface area (Å²) in [5, 5.41) is 23.3. The first kappa shape index (κ1) is 30.4. The van der Waals surface area contributed by atoms with Gasteiger partial charge in [-0.3, -0.25) is 24.5 Å². The van der Waals surface area contributed by atoms with Gasteiger partial charge in [-0.05, 0) is 53.9 Å². The number of aromatic nitrogens is 1. The summed E-state index contributed by atoms with van der Waals surface area (Å²) >= 11 is 3.98. The molecule has 0 saturated heterocycles. The molecular formula is C31H23N5O5S3. The first-order valence-electron chi connectivity index (χ1n) is 13.0. The van der Waals surface area contributed by atoms with Crippen molar-refractivity contribution in [3.8, 4) is 11.3 Å². The molecule has 0 saturated carbocycles. The molecular weight excluding hydrogens is 619 g/mol. The van der Waals surface area contributed by atoms with E-state index in [4.69, 9.17) is 0 Å². The Morgan fingerprint density at radius 1 is 0.909 bits per heavy atom. The lowest BCUT2D eigenvalue weighted by molar-refractivity contribution is -0.384. The van der Waals surface area contributed by atoms with Crippen molar-refractivity contribution in [2.45, 2.75) is 4.90 Å². The molecule has 220 valence electrons. The molecule has 0 spiro atoms. The molecule has 0 atom stereocenters. The van der Waals surface area contributed by atoms with E-state index in [1.54, 1.807) is 78.2 Å². The third-order valence-corrected chi connectivity index (χ3v) is 8.53. The Kier molecular flexibility index (Phi) is 9.92. The lowest BCUT2D eigenvalue weighted by Crippen LogP contribution is -2.30. The zero-order valence-corrected chi connectivity index (χ0v) is 25.2. The zero-order chi connectivity index (χ0) is 30.9. The van der Waals surface area contributed by atoms with Gasteiger partial charge in [-0.25, -0.2) is 4.98 Å². The normalized spacial score (nSPS) is 11.0. The second-order valence-corrected chi connectivity index (χ2v) is 11.9. The van der Waals surface area contributed by atoms with Crippen LogP contribution >= 0.6 is 34.4 Å². The molecule has 13 heteroatoms. The van der Waals surface area contributed by atoms with Crippen LogP contribution in [0.3, 0.4) is 0 Å². The number of amides is 3. The maximum atomic E-state index is 13.1. The van der Waals surface area contributed by atoms with E-state index >= 15 is 0 Å². The molecule has 3 aromatic carbocycles. The molecule has 3 N–H and O–H groups in total. The summed E-state index contributed by atoms with van der Waals surface area (Å²) in [5.74, 6) is -1.01. The number of thiophene rings is 1. The topological polar surface area (TPSA) is 143 Å². The third kappa shape index (κ3) is 8.25. The minimum Gasteiger partial charge on any atom is -0.321 e. The lowest BCUT2D eigenvalue weighted by Gasteiger charge is -2.11. The minimum absolute atomic E-state index is 0.0341. The lowest BCUT2D eigenvalue weighted by atomic mass is 10.1. The summed E-state index contributed by atoms with van der Waals surface area (Å²) in [6, 6.07) is 25.5. The monoisotopic (exact) mass is 641 g/mol. The van der Waals surface area contributed by atoms with Crippen LogP contribution in [0.1, 0.15) is 15.2 Å². The summed E-state index contributed by atoms with van der Waals surface area (Å²) in [7, 11) is 0. The first-order valence-corrected chi connectivity index (χ1v) is 15.7. The van der Waals surface area contributed by atoms with Crippen molar-refractivity contribution in [2.75, 3.05) is 16.4 Å². The van der Waals surface area contributed by atoms with E-state index < -0.39 is 16.7 Å². The number of anilines is 2. The highest BCUT2D eigenvalue weighted by Crippen LogP contribution is 2.28. The Balaban J connectivity index is 1.15. The van der Waals surface area contributed by atoms with E-state index in [-0.39, 0.29) is 23.0 Å². The van der Waals surface area contributed by atoms with Crippen LogP contribution in [0.4, 0.5) is 16.5 Å². The number of hydrogen-bond acceptors (Lipinski definition) is 9. The summed E-state index contributed by atoms with van der Waals surface area (Å²) in [6.45, 7) is 0. The molecule has 10 nitrogen and oxygen atoms in total. The van der Waals surface area contributed by atoms with Crippen LogP contribution in [0.15, 0.2) is 112 Å². The van der Waals surface area contributed by atoms with Gasteiger partial charge in [0.25, 0.3) is 17.5 Å². The van der Waals surface area contributed by atoms with Crippen molar-refractivity contribution in [3.63, 3.8) is 0 Å². The van der Waals surface area contributed by atoms with Crippen LogP contribution in [0.5, 0.6) is 0 Å². The Morgan fingerprint density at radius 2 is 1.70 bits per heavy atom. The van der Waals surface area contributed by atoms with Crippen molar-refractivity contribution in [3.05, 3.63) is 128 Å². The number of thiazole rings is 1. The summed E-state index contributed by atoms with van der Waals surface area (Å²) in [4.78, 5) is 55.0. The van der Waals surface area contributed by atoms with Crippen LogP contribution in [-0.4, -0.2) is 33.4 Å². The molecule has 0 bridgehead atoms. The van der Waals surface area contributed by atoms with Gasteiger partial charge in [0, 0.05) is 44.1 Å². The number of carbonyl (C=O) groups excluding carboxylic acids is 3. The summed E-state index contributed by atoms with van der Waals surface area (Å²) in [5.41, 5.74) is 2.14. The molecule has 0 fully saturated rings. The predicted molar refractivity (Wildman–Crippen MR) is 175 cm³/mol. The molecule has 44 heavy (non-hydrogen) atoms. The van der Waals surface area contributed by atoms with Crippen LogP contribution in [0, 0.1) is 10.1 Å². The molecule has 0 aliphatic heterocycles. The average molecular weight is 642 g/mol. The second-order valence-electron chi connectivity index (χ2n) is 9.05.